The molecule has 0 spiro atoms. The number of carbonyl (C=O) groups is 1. The van der Waals surface area contributed by atoms with Gasteiger partial charge in [-0.05, 0) is 17.2 Å². The molecule has 1 aromatic heterocycles. The molecule has 0 unspecified atom stereocenters. The number of ether oxygens (including phenoxy) is 1. The molecule has 0 saturated heterocycles. The van der Waals surface area contributed by atoms with Crippen molar-refractivity contribution in [3.05, 3.63) is 59.0 Å². The van der Waals surface area contributed by atoms with Crippen molar-refractivity contribution in [1.82, 2.24) is 5.32 Å². The van der Waals surface area contributed by atoms with Crippen LogP contribution in [-0.2, 0) is 24.4 Å². The van der Waals surface area contributed by atoms with Gasteiger partial charge in [-0.25, -0.2) is 0 Å². The average molecular weight is 342 g/mol. The highest BCUT2D eigenvalue weighted by atomic mass is 19.4. The fraction of sp³-hybridized carbons (Fsp3) is 0.312. The summed E-state index contributed by atoms with van der Waals surface area (Å²) >= 11 is 0. The minimum Gasteiger partial charge on any atom is -0.467 e. The van der Waals surface area contributed by atoms with Gasteiger partial charge >= 0.3 is 6.18 Å². The molecule has 130 valence electrons. The maximum Gasteiger partial charge on any atom is 0.411 e. The number of hydrogen-bond donors (Lipinski definition) is 2. The number of amides is 1. The van der Waals surface area contributed by atoms with Crippen LogP contribution in [0.25, 0.3) is 0 Å². The minimum atomic E-state index is -4.33. The lowest BCUT2D eigenvalue weighted by Gasteiger charge is -2.08. The van der Waals surface area contributed by atoms with Crippen LogP contribution in [0.5, 0.6) is 0 Å². The Kier molecular flexibility index (Phi) is 5.99. The van der Waals surface area contributed by atoms with E-state index < -0.39 is 12.8 Å². The van der Waals surface area contributed by atoms with E-state index in [1.807, 2.05) is 0 Å². The van der Waals surface area contributed by atoms with Gasteiger partial charge in [0.2, 0.25) is 0 Å². The quantitative estimate of drug-likeness (QED) is 0.811. The fourth-order valence-electron chi connectivity index (χ4n) is 1.93. The normalized spacial score (nSPS) is 11.5. The van der Waals surface area contributed by atoms with Crippen LogP contribution in [0.3, 0.4) is 0 Å². The van der Waals surface area contributed by atoms with Crippen LogP contribution < -0.4 is 11.1 Å². The number of nitrogens with two attached hydrogens (primary N) is 1. The van der Waals surface area contributed by atoms with Gasteiger partial charge in [-0.15, -0.1) is 0 Å². The van der Waals surface area contributed by atoms with Crippen molar-refractivity contribution in [1.29, 1.82) is 0 Å². The van der Waals surface area contributed by atoms with E-state index in [0.717, 1.165) is 5.56 Å². The maximum absolute atomic E-state index is 12.0. The first kappa shape index (κ1) is 18.0. The third-order valence-corrected chi connectivity index (χ3v) is 3.13. The molecule has 2 rings (SSSR count). The molecule has 8 heteroatoms. The second-order valence-electron chi connectivity index (χ2n) is 5.11. The summed E-state index contributed by atoms with van der Waals surface area (Å²) in [7, 11) is 0. The zero-order valence-electron chi connectivity index (χ0n) is 12.7. The Balaban J connectivity index is 1.80. The van der Waals surface area contributed by atoms with E-state index in [9.17, 15) is 18.0 Å². The highest BCUT2D eigenvalue weighted by molar-refractivity contribution is 5.93. The molecular weight excluding hydrogens is 325 g/mol. The molecule has 0 aliphatic rings. The second kappa shape index (κ2) is 7.98. The Hall–Kier alpha value is -2.32. The minimum absolute atomic E-state index is 0.122. The number of benzene rings is 1. The Labute approximate surface area is 136 Å². The van der Waals surface area contributed by atoms with Gasteiger partial charge in [0, 0.05) is 6.54 Å². The van der Waals surface area contributed by atoms with Gasteiger partial charge in [-0.1, -0.05) is 24.3 Å². The first-order valence-electron chi connectivity index (χ1n) is 7.15. The average Bonchev–Trinajstić information content (AvgIpc) is 3.02. The number of carbonyl (C=O) groups excluding carboxylic acids is 1. The van der Waals surface area contributed by atoms with E-state index in [2.05, 4.69) is 10.1 Å². The Morgan fingerprint density at radius 2 is 1.88 bits per heavy atom. The Bertz CT molecular complexity index is 666. The lowest BCUT2D eigenvalue weighted by atomic mass is 10.1. The molecule has 0 aliphatic carbocycles. The molecule has 3 N–H and O–H groups in total. The van der Waals surface area contributed by atoms with Crippen LogP contribution in [-0.4, -0.2) is 18.7 Å². The molecule has 24 heavy (non-hydrogen) atoms. The SMILES string of the molecule is NCc1cc(C(=O)NCc2ccc(COCC(F)(F)F)cc2)co1. The highest BCUT2D eigenvalue weighted by Gasteiger charge is 2.27. The predicted octanol–water partition coefficient (Wildman–Crippen LogP) is 2.75. The molecule has 0 bridgehead atoms. The monoisotopic (exact) mass is 342 g/mol. The highest BCUT2D eigenvalue weighted by Crippen LogP contribution is 2.16. The Morgan fingerprint density at radius 1 is 1.21 bits per heavy atom. The smallest absolute Gasteiger partial charge is 0.411 e. The van der Waals surface area contributed by atoms with E-state index in [0.29, 0.717) is 16.9 Å². The summed E-state index contributed by atoms with van der Waals surface area (Å²) < 4.78 is 45.6. The third kappa shape index (κ3) is 5.71. The summed E-state index contributed by atoms with van der Waals surface area (Å²) in [5.41, 5.74) is 7.22. The molecular formula is C16H17F3N2O3. The van der Waals surface area contributed by atoms with Crippen LogP contribution in [0.2, 0.25) is 0 Å². The van der Waals surface area contributed by atoms with Gasteiger partial charge in [0.15, 0.2) is 0 Å². The molecule has 0 saturated carbocycles. The first-order chi connectivity index (χ1) is 11.4. The lowest BCUT2D eigenvalue weighted by molar-refractivity contribution is -0.176. The molecule has 0 aliphatic heterocycles. The molecule has 1 aromatic carbocycles. The van der Waals surface area contributed by atoms with Crippen molar-refractivity contribution in [2.45, 2.75) is 25.9 Å². The van der Waals surface area contributed by atoms with Gasteiger partial charge in [-0.2, -0.15) is 13.2 Å². The zero-order valence-corrected chi connectivity index (χ0v) is 12.7. The van der Waals surface area contributed by atoms with Crippen LogP contribution in [0, 0.1) is 0 Å². The first-order valence-corrected chi connectivity index (χ1v) is 7.15. The largest absolute Gasteiger partial charge is 0.467 e. The number of alkyl halides is 3. The standard InChI is InChI=1S/C16H17F3N2O3/c17-16(18,19)10-23-8-12-3-1-11(2-4-12)7-21-15(22)13-5-14(6-20)24-9-13/h1-5,9H,6-8,10,20H2,(H,21,22). The van der Waals surface area contributed by atoms with Crippen molar-refractivity contribution < 1.29 is 27.1 Å². The van der Waals surface area contributed by atoms with Crippen molar-refractivity contribution in [2.24, 2.45) is 5.73 Å². The molecule has 1 amide bonds. The van der Waals surface area contributed by atoms with Crippen molar-refractivity contribution in [3.63, 3.8) is 0 Å². The van der Waals surface area contributed by atoms with Crippen molar-refractivity contribution in [2.75, 3.05) is 6.61 Å². The van der Waals surface area contributed by atoms with Crippen molar-refractivity contribution in [3.8, 4) is 0 Å². The van der Waals surface area contributed by atoms with E-state index in [4.69, 9.17) is 10.2 Å². The summed E-state index contributed by atoms with van der Waals surface area (Å²) in [6, 6.07) is 8.31. The van der Waals surface area contributed by atoms with Crippen LogP contribution in [0.1, 0.15) is 27.2 Å². The van der Waals surface area contributed by atoms with Gasteiger partial charge in [-0.3, -0.25) is 4.79 Å². The fourth-order valence-corrected chi connectivity index (χ4v) is 1.93. The van der Waals surface area contributed by atoms with Gasteiger partial charge in [0.25, 0.3) is 5.91 Å². The summed E-state index contributed by atoms with van der Waals surface area (Å²) in [5, 5.41) is 2.72. The summed E-state index contributed by atoms with van der Waals surface area (Å²) in [6.07, 6.45) is -3.00. The summed E-state index contributed by atoms with van der Waals surface area (Å²) in [5.74, 6) is 0.222. The maximum atomic E-state index is 12.0. The second-order valence-corrected chi connectivity index (χ2v) is 5.11. The molecule has 2 aromatic rings. The topological polar surface area (TPSA) is 77.5 Å². The van der Waals surface area contributed by atoms with Crippen molar-refractivity contribution >= 4 is 5.91 Å². The lowest BCUT2D eigenvalue weighted by Crippen LogP contribution is -2.22. The van der Waals surface area contributed by atoms with E-state index in [1.54, 1.807) is 30.3 Å². The number of rotatable bonds is 7. The molecule has 0 atom stereocenters. The zero-order chi connectivity index (χ0) is 17.6. The molecule has 0 radical (unpaired) electrons. The molecule has 0 fully saturated rings. The van der Waals surface area contributed by atoms with Crippen LogP contribution in [0.15, 0.2) is 41.0 Å². The predicted molar refractivity (Wildman–Crippen MR) is 79.9 cm³/mol. The number of halogens is 3. The van der Waals surface area contributed by atoms with Gasteiger partial charge in [0.1, 0.15) is 18.6 Å². The summed E-state index contributed by atoms with van der Waals surface area (Å²) in [4.78, 5) is 11.9. The number of furan rings is 1. The van der Waals surface area contributed by atoms with E-state index in [-0.39, 0.29) is 25.6 Å². The molecule has 5 nitrogen and oxygen atoms in total. The number of nitrogens with one attached hydrogen (secondary N) is 1. The van der Waals surface area contributed by atoms with Crippen LogP contribution >= 0.6 is 0 Å². The Morgan fingerprint density at radius 3 is 2.46 bits per heavy atom. The number of hydrogen-bond acceptors (Lipinski definition) is 4. The van der Waals surface area contributed by atoms with Gasteiger partial charge in [0.05, 0.1) is 18.7 Å². The summed E-state index contributed by atoms with van der Waals surface area (Å²) in [6.45, 7) is -0.903. The van der Waals surface area contributed by atoms with Crippen LogP contribution in [0.4, 0.5) is 13.2 Å². The molecule has 1 heterocycles. The van der Waals surface area contributed by atoms with E-state index in [1.165, 1.54) is 6.26 Å². The van der Waals surface area contributed by atoms with E-state index >= 15 is 0 Å². The third-order valence-electron chi connectivity index (χ3n) is 3.13. The van der Waals surface area contributed by atoms with Gasteiger partial charge < -0.3 is 20.2 Å².